The zero-order chi connectivity index (χ0) is 21.9. The summed E-state index contributed by atoms with van der Waals surface area (Å²) in [4.78, 5) is 12.8. The van der Waals surface area contributed by atoms with Gasteiger partial charge in [-0.3, -0.25) is 9.10 Å². The van der Waals surface area contributed by atoms with Gasteiger partial charge in [-0.2, -0.15) is 0 Å². The number of aryl methyl sites for hydroxylation is 3. The van der Waals surface area contributed by atoms with Crippen LogP contribution in [0.25, 0.3) is 0 Å². The van der Waals surface area contributed by atoms with E-state index in [1.165, 1.54) is 24.0 Å². The zero-order valence-electron chi connectivity index (χ0n) is 17.7. The van der Waals surface area contributed by atoms with E-state index in [9.17, 15) is 13.2 Å². The molecular weight excluding hydrogens is 420 g/mol. The lowest BCUT2D eigenvalue weighted by atomic mass is 9.89. The second kappa shape index (κ2) is 9.40. The number of hydrogen-bond acceptors (Lipinski definition) is 3. The van der Waals surface area contributed by atoms with E-state index in [1.54, 1.807) is 18.2 Å². The summed E-state index contributed by atoms with van der Waals surface area (Å²) >= 11 is 6.17. The number of rotatable bonds is 7. The van der Waals surface area contributed by atoms with E-state index in [1.807, 2.05) is 13.8 Å². The Morgan fingerprint density at radius 2 is 1.83 bits per heavy atom. The number of carbonyl (C=O) groups excluding carboxylic acids is 1. The van der Waals surface area contributed by atoms with Gasteiger partial charge in [0, 0.05) is 5.02 Å². The molecular formula is C23H29ClN2O3S. The number of benzene rings is 2. The molecule has 0 aliphatic heterocycles. The number of anilines is 1. The molecule has 1 amide bonds. The smallest absolute Gasteiger partial charge is 0.241 e. The van der Waals surface area contributed by atoms with Crippen molar-refractivity contribution in [2.24, 2.45) is 0 Å². The van der Waals surface area contributed by atoms with Crippen LogP contribution in [0.2, 0.25) is 5.02 Å². The third kappa shape index (κ3) is 5.35. The maximum atomic E-state index is 12.8. The molecule has 7 heteroatoms. The Balaban J connectivity index is 1.77. The van der Waals surface area contributed by atoms with Gasteiger partial charge in [-0.1, -0.05) is 42.8 Å². The highest BCUT2D eigenvalue weighted by Crippen LogP contribution is 2.27. The summed E-state index contributed by atoms with van der Waals surface area (Å²) in [6, 6.07) is 11.3. The van der Waals surface area contributed by atoms with Gasteiger partial charge in [0.1, 0.15) is 6.54 Å². The first-order valence-electron chi connectivity index (χ1n) is 10.3. The third-order valence-corrected chi connectivity index (χ3v) is 7.20. The Kier molecular flexibility index (Phi) is 7.09. The van der Waals surface area contributed by atoms with Gasteiger partial charge >= 0.3 is 0 Å². The van der Waals surface area contributed by atoms with Crippen LogP contribution in [-0.2, 0) is 27.7 Å². The zero-order valence-corrected chi connectivity index (χ0v) is 19.3. The molecule has 0 spiro atoms. The van der Waals surface area contributed by atoms with E-state index in [0.717, 1.165) is 41.0 Å². The van der Waals surface area contributed by atoms with Crippen molar-refractivity contribution in [3.63, 3.8) is 0 Å². The van der Waals surface area contributed by atoms with Gasteiger partial charge in [0.25, 0.3) is 0 Å². The van der Waals surface area contributed by atoms with Gasteiger partial charge in [-0.05, 0) is 73.4 Å². The predicted octanol–water partition coefficient (Wildman–Crippen LogP) is 4.56. The van der Waals surface area contributed by atoms with Crippen LogP contribution >= 0.6 is 11.6 Å². The van der Waals surface area contributed by atoms with E-state index in [0.29, 0.717) is 10.7 Å². The minimum atomic E-state index is -3.65. The van der Waals surface area contributed by atoms with Crippen LogP contribution < -0.4 is 9.62 Å². The van der Waals surface area contributed by atoms with E-state index >= 15 is 0 Å². The maximum Gasteiger partial charge on any atom is 0.241 e. The molecule has 0 saturated heterocycles. The average molecular weight is 449 g/mol. The normalized spacial score (nSPS) is 14.7. The van der Waals surface area contributed by atoms with Crippen LogP contribution in [0, 0.1) is 6.92 Å². The molecule has 2 aromatic carbocycles. The lowest BCUT2D eigenvalue weighted by molar-refractivity contribution is -0.120. The number of nitrogens with zero attached hydrogens (tertiary/aromatic N) is 1. The van der Waals surface area contributed by atoms with Crippen LogP contribution in [0.4, 0.5) is 5.69 Å². The fourth-order valence-corrected chi connectivity index (χ4v) is 4.92. The summed E-state index contributed by atoms with van der Waals surface area (Å²) in [7, 11) is -3.65. The molecule has 0 bridgehead atoms. The Bertz CT molecular complexity index is 1040. The van der Waals surface area contributed by atoms with Gasteiger partial charge in [0.15, 0.2) is 0 Å². The summed E-state index contributed by atoms with van der Waals surface area (Å²) in [6.07, 6.45) is 6.42. The quantitative estimate of drug-likeness (QED) is 0.675. The number of nitrogens with one attached hydrogen (secondary N) is 1. The van der Waals surface area contributed by atoms with Crippen molar-refractivity contribution < 1.29 is 13.2 Å². The summed E-state index contributed by atoms with van der Waals surface area (Å²) in [5.74, 6) is -0.346. The second-order valence-electron chi connectivity index (χ2n) is 7.97. The molecule has 162 valence electrons. The molecule has 0 heterocycles. The first kappa shape index (κ1) is 22.6. The van der Waals surface area contributed by atoms with E-state index in [4.69, 9.17) is 11.6 Å². The number of halogens is 1. The van der Waals surface area contributed by atoms with Crippen molar-refractivity contribution in [1.29, 1.82) is 0 Å². The Labute approximate surface area is 184 Å². The molecule has 0 saturated carbocycles. The summed E-state index contributed by atoms with van der Waals surface area (Å²) in [5.41, 5.74) is 5.04. The predicted molar refractivity (Wildman–Crippen MR) is 123 cm³/mol. The molecule has 2 aromatic rings. The van der Waals surface area contributed by atoms with Gasteiger partial charge in [-0.15, -0.1) is 0 Å². The van der Waals surface area contributed by atoms with Crippen LogP contribution in [-0.4, -0.2) is 27.1 Å². The van der Waals surface area contributed by atoms with Gasteiger partial charge in [0.2, 0.25) is 15.9 Å². The van der Waals surface area contributed by atoms with Crippen molar-refractivity contribution in [3.05, 3.63) is 63.7 Å². The standard InChI is InChI=1S/C23H29ClN2O3S/c1-4-22(19-11-10-17-7-5-6-8-18(17)13-19)25-23(27)15-26(30(3,28)29)20-12-9-16(2)21(24)14-20/h9-14,22H,4-8,15H2,1-3H3,(H,25,27)/t22-/m1/s1. The Morgan fingerprint density at radius 3 is 2.47 bits per heavy atom. The lowest BCUT2D eigenvalue weighted by Gasteiger charge is -2.25. The number of carbonyl (C=O) groups is 1. The van der Waals surface area contributed by atoms with Crippen molar-refractivity contribution in [2.45, 2.75) is 52.0 Å². The Morgan fingerprint density at radius 1 is 1.13 bits per heavy atom. The summed E-state index contributed by atoms with van der Waals surface area (Å²) in [6.45, 7) is 3.56. The van der Waals surface area contributed by atoms with Crippen LogP contribution in [0.5, 0.6) is 0 Å². The molecule has 0 fully saturated rings. The van der Waals surface area contributed by atoms with Crippen molar-refractivity contribution >= 4 is 33.2 Å². The van der Waals surface area contributed by atoms with E-state index in [-0.39, 0.29) is 18.5 Å². The van der Waals surface area contributed by atoms with Gasteiger partial charge in [-0.25, -0.2) is 8.42 Å². The minimum absolute atomic E-state index is 0.159. The highest BCUT2D eigenvalue weighted by atomic mass is 35.5. The third-order valence-electron chi connectivity index (χ3n) is 5.65. The van der Waals surface area contributed by atoms with Gasteiger partial charge in [0.05, 0.1) is 18.0 Å². The van der Waals surface area contributed by atoms with Gasteiger partial charge < -0.3 is 5.32 Å². The van der Waals surface area contributed by atoms with Crippen LogP contribution in [0.1, 0.15) is 54.5 Å². The SMILES string of the molecule is CC[C@@H](NC(=O)CN(c1ccc(C)c(Cl)c1)S(C)(=O)=O)c1ccc2c(c1)CCCC2. The first-order chi connectivity index (χ1) is 14.2. The van der Waals surface area contributed by atoms with Crippen molar-refractivity contribution in [2.75, 3.05) is 17.1 Å². The number of fused-ring (bicyclic) bond motifs is 1. The monoisotopic (exact) mass is 448 g/mol. The topological polar surface area (TPSA) is 66.5 Å². The first-order valence-corrected chi connectivity index (χ1v) is 12.6. The molecule has 30 heavy (non-hydrogen) atoms. The molecule has 5 nitrogen and oxygen atoms in total. The fourth-order valence-electron chi connectivity index (χ4n) is 3.90. The highest BCUT2D eigenvalue weighted by Gasteiger charge is 2.23. The van der Waals surface area contributed by atoms with E-state index in [2.05, 4.69) is 23.5 Å². The fraction of sp³-hybridized carbons (Fsp3) is 0.435. The molecule has 1 aliphatic rings. The van der Waals surface area contributed by atoms with Crippen molar-refractivity contribution in [1.82, 2.24) is 5.32 Å². The summed E-state index contributed by atoms with van der Waals surface area (Å²) in [5, 5.41) is 3.47. The molecule has 0 radical (unpaired) electrons. The molecule has 0 unspecified atom stereocenters. The number of sulfonamides is 1. The molecule has 3 rings (SSSR count). The summed E-state index contributed by atoms with van der Waals surface area (Å²) < 4.78 is 25.8. The van der Waals surface area contributed by atoms with Crippen molar-refractivity contribution in [3.8, 4) is 0 Å². The maximum absolute atomic E-state index is 12.8. The van der Waals surface area contributed by atoms with Crippen LogP contribution in [0.3, 0.4) is 0 Å². The minimum Gasteiger partial charge on any atom is -0.348 e. The van der Waals surface area contributed by atoms with Crippen LogP contribution in [0.15, 0.2) is 36.4 Å². The Hall–Kier alpha value is -2.05. The average Bonchev–Trinajstić information content (AvgIpc) is 2.71. The largest absolute Gasteiger partial charge is 0.348 e. The molecule has 1 aliphatic carbocycles. The number of amides is 1. The molecule has 1 N–H and O–H groups in total. The second-order valence-corrected chi connectivity index (χ2v) is 10.3. The molecule has 0 aromatic heterocycles. The molecule has 1 atom stereocenters. The lowest BCUT2D eigenvalue weighted by Crippen LogP contribution is -2.41. The highest BCUT2D eigenvalue weighted by molar-refractivity contribution is 7.92. The number of hydrogen-bond donors (Lipinski definition) is 1. The van der Waals surface area contributed by atoms with E-state index < -0.39 is 10.0 Å².